The van der Waals surface area contributed by atoms with E-state index in [2.05, 4.69) is 86.7 Å². The van der Waals surface area contributed by atoms with Crippen LogP contribution in [0, 0.1) is 97.8 Å². The van der Waals surface area contributed by atoms with Crippen LogP contribution in [0.25, 0.3) is 0 Å². The maximum absolute atomic E-state index is 13.5. The standard InChI is InChI=1S/C24H27F2N7O.C23H26F2N8O.C23H28N8O/c1-12-15(4-7-21(27-12)32-10-18-19(11-32)24(18,25)26)8-33-9-17(14(3)31-33)23(34)28-20-6-5-16-13(2)29-30-22(16)20;1-11-14(6-26-22(27-11)32-9-17-18(10-32)23(17,24)25)7-33-8-16(13(3)31-33)21(34)28-19-5-4-15-12(2)29-30-20(15)19;1-12-17(7-24-23(25-12)30-8-15-6-16(15)9-30)10-31-11-19(14(3)29-31)22(32)26-20-5-4-18-13(2)27-28-21(18)20/h4,7,9,18-20H,5-6,8,10-11H2,1-3H3,(H,28,34)(H,29,30);6,8,17-19H,4-5,7,9-10H2,1-3H3,(H,28,34)(H,29,30);7,11,15-16,20H,4-6,8-10H2,1-3H3,(H,26,32)(H,27,28)/t18?,19?,20-;17?,18?,19-;15?,16?,20-/m111/s1. The normalized spacial score (nSPS) is 24.0. The minimum atomic E-state index is -2.52. The molecule has 0 radical (unpaired) electrons. The van der Waals surface area contributed by atoms with Gasteiger partial charge >= 0.3 is 0 Å². The van der Waals surface area contributed by atoms with Crippen molar-refractivity contribution in [1.29, 1.82) is 0 Å². The Morgan fingerprint density at radius 3 is 1.18 bits per heavy atom. The third-order valence-corrected chi connectivity index (χ3v) is 22.4. The van der Waals surface area contributed by atoms with Gasteiger partial charge in [-0.25, -0.2) is 42.5 Å². The van der Waals surface area contributed by atoms with Crippen LogP contribution in [0.5, 0.6) is 0 Å². The summed E-state index contributed by atoms with van der Waals surface area (Å²) in [6, 6.07) is 3.61. The van der Waals surface area contributed by atoms with Gasteiger partial charge in [-0.15, -0.1) is 0 Å². The van der Waals surface area contributed by atoms with E-state index in [1.165, 1.54) is 23.1 Å². The summed E-state index contributed by atoms with van der Waals surface area (Å²) in [5.74, 6) is -3.88. The van der Waals surface area contributed by atoms with E-state index >= 15 is 0 Å². The summed E-state index contributed by atoms with van der Waals surface area (Å²) in [5.41, 5.74) is 18.7. The van der Waals surface area contributed by atoms with Gasteiger partial charge in [-0.05, 0) is 147 Å². The number of nitrogens with zero attached hydrogens (tertiary/aromatic N) is 17. The molecule has 6 aliphatic carbocycles. The maximum Gasteiger partial charge on any atom is 0.258 e. The first kappa shape index (κ1) is 64.8. The molecule has 6 fully saturated rings. The lowest BCUT2D eigenvalue weighted by molar-refractivity contribution is 0.0790. The van der Waals surface area contributed by atoms with Crippen molar-refractivity contribution in [3.63, 3.8) is 0 Å². The maximum atomic E-state index is 13.5. The number of nitrogens with one attached hydrogen (secondary N) is 6. The number of aryl methyl sites for hydroxylation is 9. The Morgan fingerprint density at radius 1 is 0.460 bits per heavy atom. The lowest BCUT2D eigenvalue weighted by Crippen LogP contribution is -2.29. The van der Waals surface area contributed by atoms with Crippen LogP contribution in [0.3, 0.4) is 0 Å². The van der Waals surface area contributed by atoms with Crippen LogP contribution in [0.4, 0.5) is 35.3 Å². The molecule has 522 valence electrons. The van der Waals surface area contributed by atoms with Gasteiger partial charge < -0.3 is 30.7 Å². The lowest BCUT2D eigenvalue weighted by atomic mass is 10.2. The summed E-state index contributed by atoms with van der Waals surface area (Å²) < 4.78 is 59.2. The number of hydrogen-bond donors (Lipinski definition) is 6. The van der Waals surface area contributed by atoms with Crippen LogP contribution in [-0.2, 0) is 38.9 Å². The smallest absolute Gasteiger partial charge is 0.258 e. The first-order valence-corrected chi connectivity index (χ1v) is 34.7. The number of rotatable bonds is 15. The van der Waals surface area contributed by atoms with E-state index in [4.69, 9.17) is 4.98 Å². The summed E-state index contributed by atoms with van der Waals surface area (Å²) >= 11 is 0. The fourth-order valence-corrected chi connectivity index (χ4v) is 16.0. The van der Waals surface area contributed by atoms with E-state index in [1.54, 1.807) is 32.6 Å². The van der Waals surface area contributed by atoms with Crippen molar-refractivity contribution in [2.45, 2.75) is 157 Å². The molecule has 3 saturated heterocycles. The molecule has 3 aliphatic heterocycles. The van der Waals surface area contributed by atoms with Gasteiger partial charge in [0, 0.05) is 116 Å². The highest BCUT2D eigenvalue weighted by Gasteiger charge is 2.72. The Labute approximate surface area is 573 Å². The number of fused-ring (bicyclic) bond motifs is 6. The molecular formula is C70H81F4N23O3. The molecule has 3 saturated carbocycles. The van der Waals surface area contributed by atoms with Gasteiger partial charge in [0.05, 0.1) is 112 Å². The molecular weight excluding hydrogens is 1290 g/mol. The number of halogens is 4. The number of anilines is 3. The van der Waals surface area contributed by atoms with E-state index in [1.807, 2.05) is 96.6 Å². The molecule has 9 aromatic heterocycles. The Hall–Kier alpha value is -9.90. The van der Waals surface area contributed by atoms with E-state index in [0.717, 1.165) is 143 Å². The molecule has 3 amide bonds. The fourth-order valence-electron chi connectivity index (χ4n) is 16.0. The number of H-pyrrole nitrogens is 3. The summed E-state index contributed by atoms with van der Waals surface area (Å²) in [4.78, 5) is 67.9. The van der Waals surface area contributed by atoms with Crippen molar-refractivity contribution in [2.75, 3.05) is 54.0 Å². The molecule has 12 heterocycles. The summed E-state index contributed by atoms with van der Waals surface area (Å²) in [6.07, 6.45) is 15.6. The second-order valence-electron chi connectivity index (χ2n) is 29.0. The molecule has 0 spiro atoms. The van der Waals surface area contributed by atoms with Crippen molar-refractivity contribution >= 4 is 35.4 Å². The number of amides is 3. The Morgan fingerprint density at radius 2 is 0.810 bits per heavy atom. The molecule has 6 unspecified atom stereocenters. The van der Waals surface area contributed by atoms with Gasteiger partial charge in [0.25, 0.3) is 29.6 Å². The van der Waals surface area contributed by atoms with Crippen LogP contribution in [0.2, 0.25) is 0 Å². The van der Waals surface area contributed by atoms with E-state index in [0.29, 0.717) is 85.5 Å². The zero-order valence-electron chi connectivity index (χ0n) is 57.4. The molecule has 0 bridgehead atoms. The van der Waals surface area contributed by atoms with Crippen molar-refractivity contribution in [3.8, 4) is 0 Å². The van der Waals surface area contributed by atoms with Crippen molar-refractivity contribution in [2.24, 2.45) is 35.5 Å². The predicted octanol–water partition coefficient (Wildman–Crippen LogP) is 7.82. The second-order valence-corrected chi connectivity index (χ2v) is 29.0. The van der Waals surface area contributed by atoms with Gasteiger partial charge in [-0.2, -0.15) is 30.6 Å². The second kappa shape index (κ2) is 24.5. The zero-order valence-corrected chi connectivity index (χ0v) is 57.4. The number of hydrogen-bond acceptors (Lipinski definition) is 17. The molecule has 9 atom stereocenters. The molecule has 9 aliphatic rings. The highest BCUT2D eigenvalue weighted by Crippen LogP contribution is 2.60. The van der Waals surface area contributed by atoms with Gasteiger partial charge in [0.1, 0.15) is 5.82 Å². The Bertz CT molecular complexity index is 4500. The number of carbonyl (C=O) groups excluding carboxylic acids is 3. The topological polar surface area (TPSA) is 301 Å². The van der Waals surface area contributed by atoms with Gasteiger partial charge in [-0.1, -0.05) is 6.07 Å². The highest BCUT2D eigenvalue weighted by atomic mass is 19.3. The minimum Gasteiger partial charge on any atom is -0.356 e. The van der Waals surface area contributed by atoms with Crippen LogP contribution in [0.1, 0.15) is 177 Å². The summed E-state index contributed by atoms with van der Waals surface area (Å²) in [6.45, 7) is 22.2. The summed E-state index contributed by atoms with van der Waals surface area (Å²) in [5, 5.41) is 45.0. The van der Waals surface area contributed by atoms with Crippen molar-refractivity contribution in [1.82, 2.24) is 101 Å². The molecule has 26 nitrogen and oxygen atoms in total. The van der Waals surface area contributed by atoms with Crippen LogP contribution >= 0.6 is 0 Å². The van der Waals surface area contributed by atoms with Crippen molar-refractivity contribution in [3.05, 3.63) is 162 Å². The number of aromatic nitrogens is 17. The monoisotopic (exact) mass is 1370 g/mol. The molecule has 6 N–H and O–H groups in total. The molecule has 30 heteroatoms. The average molecular weight is 1370 g/mol. The van der Waals surface area contributed by atoms with Crippen LogP contribution < -0.4 is 30.7 Å². The van der Waals surface area contributed by atoms with Gasteiger partial charge in [-0.3, -0.25) is 43.7 Å². The molecule has 100 heavy (non-hydrogen) atoms. The quantitative estimate of drug-likeness (QED) is 0.0533. The first-order valence-electron chi connectivity index (χ1n) is 34.7. The highest BCUT2D eigenvalue weighted by molar-refractivity contribution is 5.96. The van der Waals surface area contributed by atoms with E-state index in [-0.39, 0.29) is 35.8 Å². The average Bonchev–Trinajstić information content (AvgIpc) is 1.55. The number of aromatic amines is 3. The first-order chi connectivity index (χ1) is 47.9. The predicted molar refractivity (Wildman–Crippen MR) is 358 cm³/mol. The van der Waals surface area contributed by atoms with E-state index < -0.39 is 35.5 Å². The van der Waals surface area contributed by atoms with Crippen molar-refractivity contribution < 1.29 is 31.9 Å². The molecule has 0 aromatic carbocycles. The van der Waals surface area contributed by atoms with Crippen LogP contribution in [-0.4, -0.2) is 154 Å². The van der Waals surface area contributed by atoms with Crippen LogP contribution in [0.15, 0.2) is 43.1 Å². The minimum absolute atomic E-state index is 0.0509. The lowest BCUT2D eigenvalue weighted by Gasteiger charge is -2.21. The zero-order chi connectivity index (χ0) is 69.5. The SMILES string of the molecule is Cc1nc(N2CC3C(C2)C3(F)F)ccc1Cn1cc(C(=O)N[C@@H]2CCc3c2n[nH]c3C)c(C)n1.Cc1nc(N2CC3C(C2)C3(F)F)ncc1Cn1cc(C(=O)N[C@@H]2CCc3c2n[nH]c3C)c(C)n1.Cc1nc(N2CC3CC3C2)ncc1Cn1cc(C(=O)N[C@@H]2CCc3c2n[nH]c3C)c(C)n1. The number of alkyl halides is 4. The largest absolute Gasteiger partial charge is 0.356 e. The number of pyridine rings is 1. The fraction of sp³-hybridized carbons (Fsp3) is 0.514. The van der Waals surface area contributed by atoms with E-state index in [9.17, 15) is 31.9 Å². The third-order valence-electron chi connectivity index (χ3n) is 22.4. The van der Waals surface area contributed by atoms with Gasteiger partial charge in [0.15, 0.2) is 0 Å². The number of piperidine rings is 3. The summed E-state index contributed by atoms with van der Waals surface area (Å²) in [7, 11) is 0. The molecule has 18 rings (SSSR count). The molecule has 9 aromatic rings. The Balaban J connectivity index is 0.000000117. The number of carbonyl (C=O) groups is 3. The van der Waals surface area contributed by atoms with Gasteiger partial charge in [0.2, 0.25) is 11.9 Å². The third kappa shape index (κ3) is 11.9. The Kier molecular flexibility index (Phi) is 15.8.